The van der Waals surface area contributed by atoms with E-state index in [9.17, 15) is 0 Å². The van der Waals surface area contributed by atoms with Gasteiger partial charge >= 0.3 is 0 Å². The van der Waals surface area contributed by atoms with E-state index in [1.54, 1.807) is 11.3 Å². The van der Waals surface area contributed by atoms with Gasteiger partial charge in [0.05, 0.1) is 6.20 Å². The molecular weight excluding hydrogens is 250 g/mol. The maximum absolute atomic E-state index is 4.14. The van der Waals surface area contributed by atoms with Gasteiger partial charge < -0.3 is 5.32 Å². The average molecular weight is 267 g/mol. The van der Waals surface area contributed by atoms with Gasteiger partial charge in [-0.2, -0.15) is 16.4 Å². The van der Waals surface area contributed by atoms with E-state index >= 15 is 0 Å². The van der Waals surface area contributed by atoms with Crippen LogP contribution >= 0.6 is 23.1 Å². The van der Waals surface area contributed by atoms with Crippen LogP contribution in [-0.4, -0.2) is 28.6 Å². The summed E-state index contributed by atoms with van der Waals surface area (Å²) >= 11 is 3.61. The van der Waals surface area contributed by atoms with Crippen molar-refractivity contribution in [2.24, 2.45) is 7.05 Å². The molecule has 5 heteroatoms. The van der Waals surface area contributed by atoms with Crippen molar-refractivity contribution in [1.82, 2.24) is 15.1 Å². The lowest BCUT2D eigenvalue weighted by molar-refractivity contribution is 0.722. The average Bonchev–Trinajstić information content (AvgIpc) is 2.95. The Labute approximate surface area is 110 Å². The van der Waals surface area contributed by atoms with E-state index in [4.69, 9.17) is 0 Å². The fourth-order valence-electron chi connectivity index (χ4n) is 1.51. The number of aromatic nitrogens is 2. The molecule has 0 aliphatic rings. The van der Waals surface area contributed by atoms with Crippen LogP contribution in [0, 0.1) is 0 Å². The molecule has 0 aromatic carbocycles. The second-order valence-corrected chi connectivity index (χ2v) is 5.78. The number of nitrogens with one attached hydrogen (secondary N) is 1. The van der Waals surface area contributed by atoms with Gasteiger partial charge in [-0.25, -0.2) is 0 Å². The van der Waals surface area contributed by atoms with Crippen LogP contribution in [0.3, 0.4) is 0 Å². The Hall–Kier alpha value is -0.780. The van der Waals surface area contributed by atoms with Crippen LogP contribution in [0.25, 0.3) is 0 Å². The quantitative estimate of drug-likeness (QED) is 0.617. The lowest BCUT2D eigenvalue weighted by Crippen LogP contribution is -2.19. The third-order valence-electron chi connectivity index (χ3n) is 2.40. The molecule has 0 bridgehead atoms. The molecule has 0 unspecified atom stereocenters. The molecule has 0 aliphatic heterocycles. The fourth-order valence-corrected chi connectivity index (χ4v) is 3.04. The van der Waals surface area contributed by atoms with Gasteiger partial charge in [-0.15, -0.1) is 11.8 Å². The highest BCUT2D eigenvalue weighted by atomic mass is 32.2. The van der Waals surface area contributed by atoms with Crippen molar-refractivity contribution in [1.29, 1.82) is 0 Å². The SMILES string of the molecule is Cn1cc(SCCNCCc2ccsc2)cn1. The second-order valence-electron chi connectivity index (χ2n) is 3.83. The predicted molar refractivity (Wildman–Crippen MR) is 74.8 cm³/mol. The molecule has 0 fully saturated rings. The second kappa shape index (κ2) is 6.83. The van der Waals surface area contributed by atoms with Crippen molar-refractivity contribution in [3.05, 3.63) is 34.8 Å². The molecule has 0 saturated carbocycles. The number of rotatable bonds is 7. The van der Waals surface area contributed by atoms with Crippen molar-refractivity contribution in [3.8, 4) is 0 Å². The summed E-state index contributed by atoms with van der Waals surface area (Å²) in [5, 5.41) is 11.9. The Bertz CT molecular complexity index is 423. The molecule has 0 atom stereocenters. The summed E-state index contributed by atoms with van der Waals surface area (Å²) < 4.78 is 1.84. The summed E-state index contributed by atoms with van der Waals surface area (Å²) in [7, 11) is 1.95. The molecule has 0 aliphatic carbocycles. The molecule has 1 N–H and O–H groups in total. The van der Waals surface area contributed by atoms with Gasteiger partial charge in [0.15, 0.2) is 0 Å². The molecule has 2 aromatic rings. The van der Waals surface area contributed by atoms with E-state index in [1.165, 1.54) is 10.5 Å². The summed E-state index contributed by atoms with van der Waals surface area (Å²) in [6.45, 7) is 2.11. The van der Waals surface area contributed by atoms with Crippen LogP contribution in [0.4, 0.5) is 0 Å². The minimum Gasteiger partial charge on any atom is -0.316 e. The number of thioether (sulfide) groups is 1. The third kappa shape index (κ3) is 4.53. The van der Waals surface area contributed by atoms with Gasteiger partial charge in [-0.05, 0) is 35.4 Å². The smallest absolute Gasteiger partial charge is 0.0625 e. The minimum atomic E-state index is 1.05. The van der Waals surface area contributed by atoms with Crippen molar-refractivity contribution < 1.29 is 0 Å². The van der Waals surface area contributed by atoms with Crippen molar-refractivity contribution in [2.75, 3.05) is 18.8 Å². The molecule has 17 heavy (non-hydrogen) atoms. The van der Waals surface area contributed by atoms with Gasteiger partial charge in [0, 0.05) is 30.4 Å². The van der Waals surface area contributed by atoms with Crippen LogP contribution in [0.5, 0.6) is 0 Å². The first-order valence-electron chi connectivity index (χ1n) is 5.68. The third-order valence-corrected chi connectivity index (χ3v) is 4.08. The highest BCUT2D eigenvalue weighted by Gasteiger charge is 1.97. The van der Waals surface area contributed by atoms with Gasteiger partial charge in [0.2, 0.25) is 0 Å². The van der Waals surface area contributed by atoms with E-state index in [0.29, 0.717) is 0 Å². The van der Waals surface area contributed by atoms with Gasteiger partial charge in [0.1, 0.15) is 0 Å². The number of thiophene rings is 1. The molecule has 92 valence electrons. The van der Waals surface area contributed by atoms with Gasteiger partial charge in [-0.1, -0.05) is 0 Å². The summed E-state index contributed by atoms with van der Waals surface area (Å²) in [6.07, 6.45) is 5.09. The molecule has 2 heterocycles. The zero-order valence-electron chi connectivity index (χ0n) is 9.93. The summed E-state index contributed by atoms with van der Waals surface area (Å²) in [5.74, 6) is 1.09. The van der Waals surface area contributed by atoms with Crippen LogP contribution < -0.4 is 5.32 Å². The lowest BCUT2D eigenvalue weighted by atomic mass is 10.2. The molecule has 2 rings (SSSR count). The summed E-state index contributed by atoms with van der Waals surface area (Å²) in [6, 6.07) is 2.19. The highest BCUT2D eigenvalue weighted by molar-refractivity contribution is 7.99. The lowest BCUT2D eigenvalue weighted by Gasteiger charge is -2.02. The van der Waals surface area contributed by atoms with Crippen LogP contribution in [0.2, 0.25) is 0 Å². The maximum atomic E-state index is 4.14. The molecule has 0 amide bonds. The van der Waals surface area contributed by atoms with Crippen molar-refractivity contribution in [2.45, 2.75) is 11.3 Å². The minimum absolute atomic E-state index is 1.05. The van der Waals surface area contributed by atoms with Crippen LogP contribution in [0.15, 0.2) is 34.1 Å². The Kier molecular flexibility index (Phi) is 5.09. The number of hydrogen-bond acceptors (Lipinski definition) is 4. The Morgan fingerprint density at radius 1 is 1.47 bits per heavy atom. The number of nitrogens with zero attached hydrogens (tertiary/aromatic N) is 2. The first-order chi connectivity index (χ1) is 8.34. The molecule has 0 saturated heterocycles. The van der Waals surface area contributed by atoms with E-state index in [0.717, 1.165) is 25.3 Å². The molecule has 2 aromatic heterocycles. The Morgan fingerprint density at radius 2 is 2.41 bits per heavy atom. The first-order valence-corrected chi connectivity index (χ1v) is 7.60. The first kappa shape index (κ1) is 12.7. The zero-order valence-corrected chi connectivity index (χ0v) is 11.6. The molecule has 3 nitrogen and oxygen atoms in total. The molecule has 0 radical (unpaired) electrons. The van der Waals surface area contributed by atoms with E-state index < -0.39 is 0 Å². The predicted octanol–water partition coefficient (Wildman–Crippen LogP) is 2.41. The summed E-state index contributed by atoms with van der Waals surface area (Å²) in [4.78, 5) is 1.24. The normalized spacial score (nSPS) is 10.9. The Balaban J connectivity index is 1.52. The maximum Gasteiger partial charge on any atom is 0.0625 e. The largest absolute Gasteiger partial charge is 0.316 e. The zero-order chi connectivity index (χ0) is 11.9. The highest BCUT2D eigenvalue weighted by Crippen LogP contribution is 2.15. The molecule has 0 spiro atoms. The number of aryl methyl sites for hydroxylation is 1. The number of hydrogen-bond donors (Lipinski definition) is 1. The van der Waals surface area contributed by atoms with Crippen LogP contribution in [-0.2, 0) is 13.5 Å². The monoisotopic (exact) mass is 267 g/mol. The Morgan fingerprint density at radius 3 is 3.12 bits per heavy atom. The van der Waals surface area contributed by atoms with Gasteiger partial charge in [-0.3, -0.25) is 4.68 Å². The van der Waals surface area contributed by atoms with E-state index in [1.807, 2.05) is 29.7 Å². The van der Waals surface area contributed by atoms with E-state index in [2.05, 4.69) is 33.4 Å². The topological polar surface area (TPSA) is 29.9 Å². The standard InChI is InChI=1S/C12H17N3S2/c1-15-9-12(8-14-15)17-7-5-13-4-2-11-3-6-16-10-11/h3,6,8-10,13H,2,4-5,7H2,1H3. The van der Waals surface area contributed by atoms with Crippen molar-refractivity contribution in [3.63, 3.8) is 0 Å². The van der Waals surface area contributed by atoms with Crippen LogP contribution in [0.1, 0.15) is 5.56 Å². The fraction of sp³-hybridized carbons (Fsp3) is 0.417. The summed E-state index contributed by atoms with van der Waals surface area (Å²) in [5.41, 5.74) is 1.43. The molecular formula is C12H17N3S2. The van der Waals surface area contributed by atoms with Crippen molar-refractivity contribution >= 4 is 23.1 Å². The van der Waals surface area contributed by atoms with Gasteiger partial charge in [0.25, 0.3) is 0 Å². The van der Waals surface area contributed by atoms with E-state index in [-0.39, 0.29) is 0 Å².